The van der Waals surface area contributed by atoms with E-state index in [0.717, 1.165) is 48.5 Å². The van der Waals surface area contributed by atoms with Gasteiger partial charge < -0.3 is 20.3 Å². The van der Waals surface area contributed by atoms with Crippen molar-refractivity contribution in [2.75, 3.05) is 23.4 Å². The number of aryl methyl sites for hydroxylation is 1. The lowest BCUT2D eigenvalue weighted by molar-refractivity contribution is -0.121. The predicted octanol–water partition coefficient (Wildman–Crippen LogP) is 4.61. The fourth-order valence-corrected chi connectivity index (χ4v) is 4.72. The van der Waals surface area contributed by atoms with Crippen molar-refractivity contribution in [3.05, 3.63) is 89.0 Å². The van der Waals surface area contributed by atoms with Crippen LogP contribution in [0.5, 0.6) is 5.75 Å². The van der Waals surface area contributed by atoms with Crippen LogP contribution in [-0.2, 0) is 35.5 Å². The zero-order chi connectivity index (χ0) is 24.0. The summed E-state index contributed by atoms with van der Waals surface area (Å²) in [6.07, 6.45) is 3.42. The number of nitrogens with one attached hydrogen (secondary N) is 2. The molecule has 2 N–H and O–H groups in total. The van der Waals surface area contributed by atoms with E-state index in [1.54, 1.807) is 0 Å². The molecule has 0 aliphatic carbocycles. The number of rotatable bonds is 9. The van der Waals surface area contributed by atoms with E-state index in [0.29, 0.717) is 32.4 Å². The molecule has 6 nitrogen and oxygen atoms in total. The Balaban J connectivity index is 1.01. The van der Waals surface area contributed by atoms with Crippen molar-refractivity contribution in [1.82, 2.24) is 5.32 Å². The lowest BCUT2D eigenvalue weighted by Gasteiger charge is -2.19. The molecule has 2 aliphatic heterocycles. The largest absolute Gasteiger partial charge is 0.494 e. The van der Waals surface area contributed by atoms with Crippen molar-refractivity contribution < 1.29 is 14.3 Å². The minimum Gasteiger partial charge on any atom is -0.494 e. The van der Waals surface area contributed by atoms with E-state index in [9.17, 15) is 9.59 Å². The molecule has 2 aliphatic rings. The van der Waals surface area contributed by atoms with E-state index in [1.807, 2.05) is 18.2 Å². The summed E-state index contributed by atoms with van der Waals surface area (Å²) in [5, 5.41) is 5.87. The number of para-hydroxylation sites is 1. The highest BCUT2D eigenvalue weighted by molar-refractivity contribution is 5.94. The maximum Gasteiger partial charge on any atom is 0.224 e. The second kappa shape index (κ2) is 10.6. The summed E-state index contributed by atoms with van der Waals surface area (Å²) >= 11 is 0. The van der Waals surface area contributed by atoms with Crippen molar-refractivity contribution in [3.63, 3.8) is 0 Å². The molecule has 5 rings (SSSR count). The molecule has 2 heterocycles. The van der Waals surface area contributed by atoms with E-state index in [1.165, 1.54) is 16.8 Å². The van der Waals surface area contributed by atoms with Gasteiger partial charge in [0, 0.05) is 43.9 Å². The molecule has 0 radical (unpaired) electrons. The Labute approximate surface area is 206 Å². The van der Waals surface area contributed by atoms with Crippen molar-refractivity contribution in [2.24, 2.45) is 0 Å². The highest BCUT2D eigenvalue weighted by Gasteiger charge is 2.18. The smallest absolute Gasteiger partial charge is 0.224 e. The molecule has 0 spiro atoms. The number of amides is 2. The van der Waals surface area contributed by atoms with E-state index in [2.05, 4.69) is 64.1 Å². The molecule has 180 valence electrons. The van der Waals surface area contributed by atoms with Gasteiger partial charge in [0.15, 0.2) is 0 Å². The number of carbonyl (C=O) groups is 2. The van der Waals surface area contributed by atoms with Crippen LogP contribution in [0.2, 0.25) is 0 Å². The van der Waals surface area contributed by atoms with Gasteiger partial charge in [-0.3, -0.25) is 9.59 Å². The monoisotopic (exact) mass is 469 g/mol. The summed E-state index contributed by atoms with van der Waals surface area (Å²) in [5.74, 6) is 0.860. The molecule has 0 aromatic heterocycles. The maximum absolute atomic E-state index is 12.3. The molecular formula is C29H31N3O3. The lowest BCUT2D eigenvalue weighted by Crippen LogP contribution is -2.23. The molecule has 0 saturated heterocycles. The third kappa shape index (κ3) is 5.83. The number of ether oxygens (including phenoxy) is 1. The third-order valence-corrected chi connectivity index (χ3v) is 6.66. The van der Waals surface area contributed by atoms with Gasteiger partial charge in [0.05, 0.1) is 6.61 Å². The van der Waals surface area contributed by atoms with E-state index < -0.39 is 0 Å². The Morgan fingerprint density at radius 3 is 2.66 bits per heavy atom. The van der Waals surface area contributed by atoms with Crippen LogP contribution in [-0.4, -0.2) is 25.0 Å². The fraction of sp³-hybridized carbons (Fsp3) is 0.310. The van der Waals surface area contributed by atoms with Gasteiger partial charge in [-0.15, -0.1) is 0 Å². The summed E-state index contributed by atoms with van der Waals surface area (Å²) in [6.45, 7) is 2.98. The Morgan fingerprint density at radius 2 is 1.77 bits per heavy atom. The molecule has 0 saturated carbocycles. The lowest BCUT2D eigenvalue weighted by atomic mass is 10.0. The van der Waals surface area contributed by atoms with Crippen molar-refractivity contribution in [2.45, 2.75) is 45.2 Å². The van der Waals surface area contributed by atoms with E-state index in [4.69, 9.17) is 4.74 Å². The van der Waals surface area contributed by atoms with Crippen LogP contribution < -0.4 is 20.3 Å². The van der Waals surface area contributed by atoms with Gasteiger partial charge in [0.1, 0.15) is 5.75 Å². The van der Waals surface area contributed by atoms with E-state index >= 15 is 0 Å². The van der Waals surface area contributed by atoms with Gasteiger partial charge >= 0.3 is 0 Å². The molecule has 0 fully saturated rings. The van der Waals surface area contributed by atoms with Gasteiger partial charge in [-0.05, 0) is 65.8 Å². The summed E-state index contributed by atoms with van der Waals surface area (Å²) < 4.78 is 5.81. The Kier molecular flexibility index (Phi) is 6.98. The Morgan fingerprint density at radius 1 is 0.943 bits per heavy atom. The van der Waals surface area contributed by atoms with Crippen LogP contribution >= 0.6 is 0 Å². The third-order valence-electron chi connectivity index (χ3n) is 6.66. The zero-order valence-corrected chi connectivity index (χ0v) is 19.9. The van der Waals surface area contributed by atoms with Crippen molar-refractivity contribution in [3.8, 4) is 5.75 Å². The molecular weight excluding hydrogens is 438 g/mol. The average molecular weight is 470 g/mol. The number of hydrogen-bond acceptors (Lipinski definition) is 4. The molecule has 0 bridgehead atoms. The second-order valence-electron chi connectivity index (χ2n) is 9.21. The first-order valence-corrected chi connectivity index (χ1v) is 12.4. The Hall–Kier alpha value is -3.80. The van der Waals surface area contributed by atoms with E-state index in [-0.39, 0.29) is 11.8 Å². The number of anilines is 2. The first-order chi connectivity index (χ1) is 17.1. The number of fused-ring (bicyclic) bond motifs is 2. The number of nitrogens with zero attached hydrogens (tertiary/aromatic N) is 1. The molecule has 0 atom stereocenters. The van der Waals surface area contributed by atoms with Crippen molar-refractivity contribution in [1.29, 1.82) is 0 Å². The molecule has 3 aromatic carbocycles. The molecule has 35 heavy (non-hydrogen) atoms. The first-order valence-electron chi connectivity index (χ1n) is 12.4. The van der Waals surface area contributed by atoms with Crippen molar-refractivity contribution >= 4 is 23.2 Å². The predicted molar refractivity (Wildman–Crippen MR) is 138 cm³/mol. The zero-order valence-electron chi connectivity index (χ0n) is 19.9. The van der Waals surface area contributed by atoms with Gasteiger partial charge in [0.25, 0.3) is 0 Å². The standard InChI is InChI=1S/C29H31N3O3/c33-28(6-3-17-35-25-12-13-26-24(18-25)11-14-29(34)31-26)30-19-21-7-9-22(10-8-21)20-32-16-15-23-4-1-2-5-27(23)32/h1-2,4-5,7-10,12-13,18H,3,6,11,14-17,19-20H2,(H,30,33)(H,31,34). The summed E-state index contributed by atoms with van der Waals surface area (Å²) in [4.78, 5) is 26.1. The fourth-order valence-electron chi connectivity index (χ4n) is 4.72. The van der Waals surface area contributed by atoms with Crippen LogP contribution in [0.1, 0.15) is 41.5 Å². The number of benzene rings is 3. The Bertz CT molecular complexity index is 1210. The summed E-state index contributed by atoms with van der Waals surface area (Å²) in [5.41, 5.74) is 7.10. The van der Waals surface area contributed by atoms with Gasteiger partial charge in [-0.1, -0.05) is 42.5 Å². The van der Waals surface area contributed by atoms with Gasteiger partial charge in [-0.25, -0.2) is 0 Å². The second-order valence-corrected chi connectivity index (χ2v) is 9.21. The SMILES string of the molecule is O=C(CCCOc1ccc2c(c1)CCC(=O)N2)NCc1ccc(CN2CCc3ccccc32)cc1. The normalized spacial score (nSPS) is 14.2. The van der Waals surface area contributed by atoms with Crippen LogP contribution in [0.4, 0.5) is 11.4 Å². The molecule has 6 heteroatoms. The van der Waals surface area contributed by atoms with Gasteiger partial charge in [-0.2, -0.15) is 0 Å². The quantitative estimate of drug-likeness (QED) is 0.449. The highest BCUT2D eigenvalue weighted by atomic mass is 16.5. The number of hydrogen-bond donors (Lipinski definition) is 2. The molecule has 2 amide bonds. The average Bonchev–Trinajstić information content (AvgIpc) is 3.29. The van der Waals surface area contributed by atoms with Crippen LogP contribution in [0.25, 0.3) is 0 Å². The first kappa shape index (κ1) is 23.0. The summed E-state index contributed by atoms with van der Waals surface area (Å²) in [7, 11) is 0. The minimum atomic E-state index is 0.0273. The van der Waals surface area contributed by atoms with Gasteiger partial charge in [0.2, 0.25) is 11.8 Å². The van der Waals surface area contributed by atoms with Crippen LogP contribution in [0, 0.1) is 0 Å². The highest BCUT2D eigenvalue weighted by Crippen LogP contribution is 2.29. The summed E-state index contributed by atoms with van der Waals surface area (Å²) in [6, 6.07) is 22.8. The number of carbonyl (C=O) groups excluding carboxylic acids is 2. The maximum atomic E-state index is 12.3. The molecule has 3 aromatic rings. The topological polar surface area (TPSA) is 70.7 Å². The van der Waals surface area contributed by atoms with Crippen LogP contribution in [0.3, 0.4) is 0 Å². The van der Waals surface area contributed by atoms with Crippen LogP contribution in [0.15, 0.2) is 66.7 Å². The minimum absolute atomic E-state index is 0.0273. The molecule has 0 unspecified atom stereocenters.